The molecule has 1 spiro atoms. The van der Waals surface area contributed by atoms with Gasteiger partial charge in [-0.15, -0.1) is 0 Å². The second-order valence-corrected chi connectivity index (χ2v) is 7.94. The number of amides is 1. The molecule has 7 heteroatoms. The van der Waals surface area contributed by atoms with Crippen molar-refractivity contribution in [3.8, 4) is 0 Å². The van der Waals surface area contributed by atoms with E-state index >= 15 is 0 Å². The molecule has 142 valence electrons. The van der Waals surface area contributed by atoms with E-state index in [1.165, 1.54) is 6.07 Å². The molecule has 1 saturated carbocycles. The van der Waals surface area contributed by atoms with E-state index in [4.69, 9.17) is 0 Å². The smallest absolute Gasteiger partial charge is 0.236 e. The lowest BCUT2D eigenvalue weighted by Gasteiger charge is -2.40. The molecule has 0 aromatic carbocycles. The number of hydrogen-bond donors (Lipinski definition) is 1. The summed E-state index contributed by atoms with van der Waals surface area (Å²) >= 11 is 0. The Kier molecular flexibility index (Phi) is 4.59. The molecule has 3 fully saturated rings. The largest absolute Gasteiger partial charge is 0.393 e. The third kappa shape index (κ3) is 3.06. The highest BCUT2D eigenvalue weighted by molar-refractivity contribution is 5.85. The van der Waals surface area contributed by atoms with Crippen molar-refractivity contribution in [3.63, 3.8) is 0 Å². The number of halogens is 2. The molecule has 3 heterocycles. The molecule has 1 N–H and O–H groups in total. The van der Waals surface area contributed by atoms with Crippen molar-refractivity contribution < 1.29 is 18.7 Å². The number of aliphatic hydroxyl groups is 1. The molecule has 2 saturated heterocycles. The Labute approximate surface area is 152 Å². The highest BCUT2D eigenvalue weighted by atomic mass is 19.1. The van der Waals surface area contributed by atoms with E-state index < -0.39 is 11.8 Å². The third-order valence-electron chi connectivity index (χ3n) is 6.50. The predicted molar refractivity (Wildman–Crippen MR) is 92.6 cm³/mol. The van der Waals surface area contributed by atoms with Crippen molar-refractivity contribution in [1.82, 2.24) is 9.88 Å². The van der Waals surface area contributed by atoms with Crippen LogP contribution in [0.15, 0.2) is 12.3 Å². The first kappa shape index (κ1) is 17.6. The van der Waals surface area contributed by atoms with Crippen LogP contribution >= 0.6 is 0 Å². The summed E-state index contributed by atoms with van der Waals surface area (Å²) in [5.41, 5.74) is -0.174. The van der Waals surface area contributed by atoms with Gasteiger partial charge in [0.25, 0.3) is 0 Å². The Balaban J connectivity index is 1.42. The Morgan fingerprint density at radius 2 is 1.73 bits per heavy atom. The maximum Gasteiger partial charge on any atom is 0.236 e. The van der Waals surface area contributed by atoms with Gasteiger partial charge in [-0.2, -0.15) is 4.39 Å². The number of piperidine rings is 1. The summed E-state index contributed by atoms with van der Waals surface area (Å²) in [6.07, 6.45) is 6.08. The first-order valence-corrected chi connectivity index (χ1v) is 9.54. The van der Waals surface area contributed by atoms with Crippen LogP contribution in [0, 0.1) is 17.2 Å². The minimum absolute atomic E-state index is 0.184. The maximum atomic E-state index is 13.9. The third-order valence-corrected chi connectivity index (χ3v) is 6.50. The van der Waals surface area contributed by atoms with Crippen LogP contribution in [-0.2, 0) is 4.79 Å². The standard InChI is InChI=1S/C19H25F2N3O2/c20-13-11-16(17(21)22-12-13)23-8-5-19(6-9-23)7-10-24(18(19)26)14-1-3-15(25)4-2-14/h11-12,14-15,25H,1-10H2. The molecule has 0 radical (unpaired) electrons. The molecular formula is C19H25F2N3O2. The van der Waals surface area contributed by atoms with E-state index in [0.29, 0.717) is 25.9 Å². The van der Waals surface area contributed by atoms with E-state index in [0.717, 1.165) is 44.8 Å². The highest BCUT2D eigenvalue weighted by Gasteiger charge is 2.50. The van der Waals surface area contributed by atoms with Gasteiger partial charge in [0.1, 0.15) is 5.82 Å². The fourth-order valence-electron chi connectivity index (χ4n) is 4.84. The number of carbonyl (C=O) groups excluding carboxylic acids is 1. The minimum atomic E-state index is -0.664. The zero-order valence-corrected chi connectivity index (χ0v) is 14.8. The second kappa shape index (κ2) is 6.76. The zero-order chi connectivity index (χ0) is 18.3. The topological polar surface area (TPSA) is 56.7 Å². The number of likely N-dealkylation sites (tertiary alicyclic amines) is 1. The number of carbonyl (C=O) groups is 1. The number of anilines is 1. The van der Waals surface area contributed by atoms with Crippen LogP contribution in [0.25, 0.3) is 0 Å². The first-order valence-electron chi connectivity index (χ1n) is 9.54. The lowest BCUT2D eigenvalue weighted by molar-refractivity contribution is -0.139. The Morgan fingerprint density at radius 3 is 2.42 bits per heavy atom. The molecule has 5 nitrogen and oxygen atoms in total. The quantitative estimate of drug-likeness (QED) is 0.818. The van der Waals surface area contributed by atoms with Crippen LogP contribution in [0.5, 0.6) is 0 Å². The summed E-state index contributed by atoms with van der Waals surface area (Å²) in [4.78, 5) is 20.4. The predicted octanol–water partition coefficient (Wildman–Crippen LogP) is 2.48. The molecule has 1 aromatic heterocycles. The average Bonchev–Trinajstić information content (AvgIpc) is 2.95. The average molecular weight is 365 g/mol. The van der Waals surface area contributed by atoms with E-state index in [-0.39, 0.29) is 29.2 Å². The van der Waals surface area contributed by atoms with Crippen molar-refractivity contribution in [1.29, 1.82) is 0 Å². The minimum Gasteiger partial charge on any atom is -0.393 e. The fourth-order valence-corrected chi connectivity index (χ4v) is 4.84. The lowest BCUT2D eigenvalue weighted by atomic mass is 9.77. The van der Waals surface area contributed by atoms with Crippen molar-refractivity contribution in [3.05, 3.63) is 24.0 Å². The summed E-state index contributed by atoms with van der Waals surface area (Å²) in [6, 6.07) is 1.42. The molecule has 1 aliphatic carbocycles. The maximum absolute atomic E-state index is 13.9. The van der Waals surface area contributed by atoms with Gasteiger partial charge < -0.3 is 14.9 Å². The van der Waals surface area contributed by atoms with Crippen molar-refractivity contribution in [2.24, 2.45) is 5.41 Å². The van der Waals surface area contributed by atoms with Crippen LogP contribution in [-0.4, -0.2) is 52.7 Å². The zero-order valence-electron chi connectivity index (χ0n) is 14.8. The van der Waals surface area contributed by atoms with Crippen LogP contribution in [0.2, 0.25) is 0 Å². The Morgan fingerprint density at radius 1 is 1.08 bits per heavy atom. The molecule has 0 bridgehead atoms. The van der Waals surface area contributed by atoms with Crippen LogP contribution < -0.4 is 4.90 Å². The van der Waals surface area contributed by atoms with Gasteiger partial charge in [-0.25, -0.2) is 9.37 Å². The molecule has 2 aliphatic heterocycles. The molecule has 0 atom stereocenters. The van der Waals surface area contributed by atoms with Gasteiger partial charge in [0.05, 0.1) is 23.4 Å². The molecule has 1 aromatic rings. The van der Waals surface area contributed by atoms with Gasteiger partial charge in [-0.1, -0.05) is 0 Å². The van der Waals surface area contributed by atoms with Gasteiger partial charge in [-0.3, -0.25) is 4.79 Å². The molecule has 1 amide bonds. The van der Waals surface area contributed by atoms with E-state index in [1.807, 2.05) is 4.90 Å². The molecule has 0 unspecified atom stereocenters. The first-order chi connectivity index (χ1) is 12.5. The van der Waals surface area contributed by atoms with Gasteiger partial charge in [0.15, 0.2) is 0 Å². The van der Waals surface area contributed by atoms with Crippen LogP contribution in [0.1, 0.15) is 44.9 Å². The summed E-state index contributed by atoms with van der Waals surface area (Å²) in [5.74, 6) is -0.997. The van der Waals surface area contributed by atoms with Gasteiger partial charge in [0.2, 0.25) is 11.9 Å². The fraction of sp³-hybridized carbons (Fsp3) is 0.684. The lowest BCUT2D eigenvalue weighted by Crippen LogP contribution is -2.47. The number of pyridine rings is 1. The normalized spacial score (nSPS) is 28.8. The Hall–Kier alpha value is -1.76. The van der Waals surface area contributed by atoms with Crippen LogP contribution in [0.4, 0.5) is 14.5 Å². The number of aromatic nitrogens is 1. The second-order valence-electron chi connectivity index (χ2n) is 7.94. The molecule has 26 heavy (non-hydrogen) atoms. The molecular weight excluding hydrogens is 340 g/mol. The summed E-state index contributed by atoms with van der Waals surface area (Å²) in [7, 11) is 0. The van der Waals surface area contributed by atoms with Gasteiger partial charge in [-0.05, 0) is 44.9 Å². The Bertz CT molecular complexity index is 683. The van der Waals surface area contributed by atoms with E-state index in [1.54, 1.807) is 4.90 Å². The van der Waals surface area contributed by atoms with Crippen molar-refractivity contribution >= 4 is 11.6 Å². The van der Waals surface area contributed by atoms with Gasteiger partial charge in [0, 0.05) is 31.7 Å². The molecule has 3 aliphatic rings. The number of hydrogen-bond acceptors (Lipinski definition) is 4. The van der Waals surface area contributed by atoms with Gasteiger partial charge >= 0.3 is 0 Å². The monoisotopic (exact) mass is 365 g/mol. The highest BCUT2D eigenvalue weighted by Crippen LogP contribution is 2.44. The van der Waals surface area contributed by atoms with E-state index in [9.17, 15) is 18.7 Å². The number of rotatable bonds is 2. The summed E-state index contributed by atoms with van der Waals surface area (Å²) in [6.45, 7) is 1.84. The SMILES string of the molecule is O=C1N(C2CCC(O)CC2)CCC12CCN(c1cc(F)cnc1F)CC2. The molecule has 4 rings (SSSR count). The number of nitrogens with zero attached hydrogens (tertiary/aromatic N) is 3. The summed E-state index contributed by atoms with van der Waals surface area (Å²) < 4.78 is 27.3. The number of aliphatic hydroxyl groups excluding tert-OH is 1. The van der Waals surface area contributed by atoms with Crippen molar-refractivity contribution in [2.75, 3.05) is 24.5 Å². The summed E-state index contributed by atoms with van der Waals surface area (Å²) in [5, 5.41) is 9.69. The van der Waals surface area contributed by atoms with Crippen LogP contribution in [0.3, 0.4) is 0 Å². The van der Waals surface area contributed by atoms with E-state index in [2.05, 4.69) is 4.98 Å². The van der Waals surface area contributed by atoms with Crippen molar-refractivity contribution in [2.45, 2.75) is 57.1 Å².